The molecule has 0 aliphatic heterocycles. The van der Waals surface area contributed by atoms with Crippen molar-refractivity contribution in [3.63, 3.8) is 0 Å². The molecule has 0 amide bonds. The third kappa shape index (κ3) is 3.35. The Bertz CT molecular complexity index is 704. The Morgan fingerprint density at radius 3 is 2.48 bits per heavy atom. The van der Waals surface area contributed by atoms with Crippen molar-refractivity contribution in [2.75, 3.05) is 5.33 Å². The first-order valence-electron chi connectivity index (χ1n) is 7.45. The van der Waals surface area contributed by atoms with Crippen LogP contribution in [0.1, 0.15) is 18.4 Å². The van der Waals surface area contributed by atoms with Crippen LogP contribution in [-0.2, 0) is 13.1 Å². The summed E-state index contributed by atoms with van der Waals surface area (Å²) < 4.78 is 4.72. The molecule has 0 fully saturated rings. The number of halogens is 1. The van der Waals surface area contributed by atoms with E-state index in [1.807, 2.05) is 0 Å². The van der Waals surface area contributed by atoms with Crippen molar-refractivity contribution < 1.29 is 4.57 Å². The third-order valence-corrected chi connectivity index (χ3v) is 4.32. The highest BCUT2D eigenvalue weighted by atomic mass is 79.9. The summed E-state index contributed by atoms with van der Waals surface area (Å²) in [7, 11) is 0. The van der Waals surface area contributed by atoms with Crippen LogP contribution in [0.15, 0.2) is 60.9 Å². The molecule has 1 heterocycles. The lowest BCUT2D eigenvalue weighted by Crippen LogP contribution is -2.32. The first kappa shape index (κ1) is 14.3. The van der Waals surface area contributed by atoms with Crippen LogP contribution >= 0.6 is 15.9 Å². The lowest BCUT2D eigenvalue weighted by molar-refractivity contribution is -0.663. The molecule has 0 N–H and O–H groups in total. The van der Waals surface area contributed by atoms with E-state index < -0.39 is 0 Å². The number of unbranched alkanes of at least 4 members (excludes halogenated alkanes) is 1. The van der Waals surface area contributed by atoms with E-state index in [4.69, 9.17) is 0 Å². The number of fused-ring (bicyclic) bond motifs is 1. The number of nitrogens with zero attached hydrogens (tertiary/aromatic N) is 2. The molecule has 0 bridgehead atoms. The molecule has 3 rings (SSSR count). The number of hydrogen-bond donors (Lipinski definition) is 0. The second kappa shape index (κ2) is 6.90. The molecule has 0 saturated carbocycles. The minimum atomic E-state index is 0.923. The largest absolute Gasteiger partial charge is 0.245 e. The molecule has 0 radical (unpaired) electrons. The minimum Gasteiger partial charge on any atom is -0.230 e. The molecule has 108 valence electrons. The van der Waals surface area contributed by atoms with Crippen molar-refractivity contribution in [1.29, 1.82) is 0 Å². The van der Waals surface area contributed by atoms with Crippen molar-refractivity contribution in [2.24, 2.45) is 0 Å². The van der Waals surface area contributed by atoms with Gasteiger partial charge < -0.3 is 0 Å². The zero-order valence-electron chi connectivity index (χ0n) is 12.1. The second-order valence-electron chi connectivity index (χ2n) is 5.31. The standard InChI is InChI=1S/C18H20BrN2/c19-12-6-7-13-20-15-21(14-16-8-2-1-3-9-16)18-11-5-4-10-17(18)20/h1-5,8-11,15H,6-7,12-14H2/q+1. The van der Waals surface area contributed by atoms with Gasteiger partial charge in [0.05, 0.1) is 6.54 Å². The average molecular weight is 344 g/mol. The fourth-order valence-corrected chi connectivity index (χ4v) is 3.10. The fraction of sp³-hybridized carbons (Fsp3) is 0.278. The SMILES string of the molecule is BrCCCCn1c[n+](Cc2ccccc2)c2ccccc21. The summed E-state index contributed by atoms with van der Waals surface area (Å²) in [6.07, 6.45) is 4.67. The van der Waals surface area contributed by atoms with E-state index >= 15 is 0 Å². The number of aryl methyl sites for hydroxylation is 1. The fourth-order valence-electron chi connectivity index (χ4n) is 2.70. The number of imidazole rings is 1. The zero-order valence-corrected chi connectivity index (χ0v) is 13.7. The Kier molecular flexibility index (Phi) is 4.71. The molecule has 0 unspecified atom stereocenters. The Labute approximate surface area is 134 Å². The number of para-hydroxylation sites is 2. The molecule has 3 heteroatoms. The molecule has 0 aliphatic carbocycles. The van der Waals surface area contributed by atoms with E-state index in [-0.39, 0.29) is 0 Å². The third-order valence-electron chi connectivity index (χ3n) is 3.76. The van der Waals surface area contributed by atoms with Gasteiger partial charge in [-0.05, 0) is 30.5 Å². The maximum absolute atomic E-state index is 3.51. The summed E-state index contributed by atoms with van der Waals surface area (Å²) in [6, 6.07) is 19.3. The molecule has 1 aromatic heterocycles. The van der Waals surface area contributed by atoms with Crippen LogP contribution in [-0.4, -0.2) is 9.90 Å². The van der Waals surface area contributed by atoms with Crippen molar-refractivity contribution in [2.45, 2.75) is 25.9 Å². The number of aromatic nitrogens is 2. The molecular formula is C18H20BrN2+. The van der Waals surface area contributed by atoms with Crippen LogP contribution < -0.4 is 4.57 Å². The molecule has 0 atom stereocenters. The van der Waals surface area contributed by atoms with Gasteiger partial charge in [-0.2, -0.15) is 0 Å². The molecule has 2 nitrogen and oxygen atoms in total. The number of alkyl halides is 1. The van der Waals surface area contributed by atoms with Gasteiger partial charge in [0.1, 0.15) is 6.54 Å². The van der Waals surface area contributed by atoms with Crippen molar-refractivity contribution >= 4 is 27.0 Å². The lowest BCUT2D eigenvalue weighted by Gasteiger charge is -1.98. The lowest BCUT2D eigenvalue weighted by atomic mass is 10.2. The zero-order chi connectivity index (χ0) is 14.5. The van der Waals surface area contributed by atoms with Gasteiger partial charge in [-0.3, -0.25) is 0 Å². The van der Waals surface area contributed by atoms with Gasteiger partial charge in [-0.15, -0.1) is 0 Å². The summed E-state index contributed by atoms with van der Waals surface area (Å²) in [6.45, 7) is 2.00. The number of benzene rings is 2. The van der Waals surface area contributed by atoms with E-state index in [9.17, 15) is 0 Å². The summed E-state index contributed by atoms with van der Waals surface area (Å²) in [5.41, 5.74) is 3.97. The Balaban J connectivity index is 1.91. The molecule has 3 aromatic rings. The molecule has 21 heavy (non-hydrogen) atoms. The quantitative estimate of drug-likeness (QED) is 0.361. The molecule has 2 aromatic carbocycles. The topological polar surface area (TPSA) is 8.81 Å². The summed E-state index contributed by atoms with van der Waals surface area (Å²) >= 11 is 3.51. The summed E-state index contributed by atoms with van der Waals surface area (Å²) in [5, 5.41) is 1.08. The van der Waals surface area contributed by atoms with Gasteiger partial charge in [0, 0.05) is 5.33 Å². The summed E-state index contributed by atoms with van der Waals surface area (Å²) in [5.74, 6) is 0. The van der Waals surface area contributed by atoms with Crippen LogP contribution in [0.2, 0.25) is 0 Å². The van der Waals surface area contributed by atoms with Crippen LogP contribution in [0.4, 0.5) is 0 Å². The van der Waals surface area contributed by atoms with Crippen LogP contribution in [0.5, 0.6) is 0 Å². The van der Waals surface area contributed by atoms with E-state index in [1.54, 1.807) is 0 Å². The maximum Gasteiger partial charge on any atom is 0.245 e. The van der Waals surface area contributed by atoms with Crippen molar-refractivity contribution in [3.8, 4) is 0 Å². The summed E-state index contributed by atoms with van der Waals surface area (Å²) in [4.78, 5) is 0. The second-order valence-corrected chi connectivity index (χ2v) is 6.10. The predicted molar refractivity (Wildman–Crippen MR) is 90.7 cm³/mol. The Hall–Kier alpha value is -1.61. The van der Waals surface area contributed by atoms with E-state index in [2.05, 4.69) is 86.0 Å². The van der Waals surface area contributed by atoms with Gasteiger partial charge in [-0.1, -0.05) is 58.4 Å². The van der Waals surface area contributed by atoms with E-state index in [0.717, 1.165) is 18.4 Å². The minimum absolute atomic E-state index is 0.923. The van der Waals surface area contributed by atoms with Gasteiger partial charge >= 0.3 is 0 Å². The van der Waals surface area contributed by atoms with Gasteiger partial charge in [0.15, 0.2) is 11.0 Å². The normalized spacial score (nSPS) is 11.1. The molecule has 0 aliphatic rings. The Morgan fingerprint density at radius 1 is 0.905 bits per heavy atom. The van der Waals surface area contributed by atoms with Gasteiger partial charge in [-0.25, -0.2) is 9.13 Å². The van der Waals surface area contributed by atoms with Gasteiger partial charge in [0.2, 0.25) is 6.33 Å². The Morgan fingerprint density at radius 2 is 1.67 bits per heavy atom. The monoisotopic (exact) mass is 343 g/mol. The first-order chi connectivity index (χ1) is 10.4. The highest BCUT2D eigenvalue weighted by Gasteiger charge is 2.14. The molecular weight excluding hydrogens is 324 g/mol. The first-order valence-corrected chi connectivity index (χ1v) is 8.58. The number of rotatable bonds is 6. The van der Waals surface area contributed by atoms with Crippen LogP contribution in [0, 0.1) is 0 Å². The molecule has 0 spiro atoms. The van der Waals surface area contributed by atoms with E-state index in [1.165, 1.54) is 29.4 Å². The van der Waals surface area contributed by atoms with Gasteiger partial charge in [0.25, 0.3) is 0 Å². The number of hydrogen-bond acceptors (Lipinski definition) is 0. The smallest absolute Gasteiger partial charge is 0.230 e. The van der Waals surface area contributed by atoms with E-state index in [0.29, 0.717) is 0 Å². The predicted octanol–water partition coefficient (Wildman–Crippen LogP) is 4.15. The highest BCUT2D eigenvalue weighted by Crippen LogP contribution is 2.13. The molecule has 0 saturated heterocycles. The maximum atomic E-state index is 3.51. The van der Waals surface area contributed by atoms with Crippen LogP contribution in [0.3, 0.4) is 0 Å². The van der Waals surface area contributed by atoms with Crippen LogP contribution in [0.25, 0.3) is 11.0 Å². The van der Waals surface area contributed by atoms with Crippen molar-refractivity contribution in [1.82, 2.24) is 4.57 Å². The van der Waals surface area contributed by atoms with Crippen molar-refractivity contribution in [3.05, 3.63) is 66.5 Å². The highest BCUT2D eigenvalue weighted by molar-refractivity contribution is 9.09. The average Bonchev–Trinajstić information content (AvgIpc) is 2.87.